The summed E-state index contributed by atoms with van der Waals surface area (Å²) >= 11 is 6.03. The van der Waals surface area contributed by atoms with Crippen molar-refractivity contribution in [3.8, 4) is 5.75 Å². The Kier molecular flexibility index (Phi) is 4.15. The van der Waals surface area contributed by atoms with Crippen LogP contribution >= 0.6 is 11.6 Å². The number of carbonyl (C=O) groups excluding carboxylic acids is 1. The van der Waals surface area contributed by atoms with Gasteiger partial charge in [-0.3, -0.25) is 4.79 Å². The fraction of sp³-hybridized carbons (Fsp3) is 0.133. The number of phenolic OH excluding ortho intramolecular Hbond substituents is 1. The number of nitrogens with two attached hydrogens (primary N) is 1. The first-order valence-electron chi connectivity index (χ1n) is 6.06. The van der Waals surface area contributed by atoms with Crippen LogP contribution in [-0.4, -0.2) is 23.0 Å². The van der Waals surface area contributed by atoms with Gasteiger partial charge in [0.15, 0.2) is 0 Å². The number of phenols is 1. The molecule has 4 nitrogen and oxygen atoms in total. The summed E-state index contributed by atoms with van der Waals surface area (Å²) in [5.41, 5.74) is 7.29. The molecule has 0 atom stereocenters. The first-order valence-corrected chi connectivity index (χ1v) is 6.44. The standard InChI is InChI=1S/C15H15ClN2O2/c1-18(9-10-4-2-5-11(19)8-10)15(20)14-12(16)6-3-7-13(14)17/h2-8,19H,9,17H2,1H3. The largest absolute Gasteiger partial charge is 0.508 e. The third-order valence-electron chi connectivity index (χ3n) is 2.94. The lowest BCUT2D eigenvalue weighted by Gasteiger charge is -2.19. The lowest BCUT2D eigenvalue weighted by Crippen LogP contribution is -2.27. The van der Waals surface area contributed by atoms with E-state index < -0.39 is 0 Å². The van der Waals surface area contributed by atoms with Crippen LogP contribution in [0.25, 0.3) is 0 Å². The smallest absolute Gasteiger partial charge is 0.257 e. The summed E-state index contributed by atoms with van der Waals surface area (Å²) in [7, 11) is 1.66. The molecule has 0 aliphatic rings. The summed E-state index contributed by atoms with van der Waals surface area (Å²) < 4.78 is 0. The zero-order valence-electron chi connectivity index (χ0n) is 11.0. The van der Waals surface area contributed by atoms with Gasteiger partial charge in [0.25, 0.3) is 5.91 Å². The molecule has 0 unspecified atom stereocenters. The van der Waals surface area contributed by atoms with E-state index in [0.717, 1.165) is 5.56 Å². The molecule has 0 radical (unpaired) electrons. The van der Waals surface area contributed by atoms with Crippen LogP contribution in [0.2, 0.25) is 5.02 Å². The van der Waals surface area contributed by atoms with Crippen molar-refractivity contribution >= 4 is 23.2 Å². The number of hydrogen-bond acceptors (Lipinski definition) is 3. The molecule has 0 bridgehead atoms. The second-order valence-corrected chi connectivity index (χ2v) is 4.94. The first-order chi connectivity index (χ1) is 9.49. The molecule has 0 aliphatic heterocycles. The molecule has 5 heteroatoms. The number of aromatic hydroxyl groups is 1. The van der Waals surface area contributed by atoms with Crippen LogP contribution in [0.15, 0.2) is 42.5 Å². The van der Waals surface area contributed by atoms with Gasteiger partial charge in [0.05, 0.1) is 10.6 Å². The topological polar surface area (TPSA) is 66.6 Å². The first kappa shape index (κ1) is 14.2. The zero-order valence-corrected chi connectivity index (χ0v) is 11.8. The van der Waals surface area contributed by atoms with E-state index in [-0.39, 0.29) is 11.7 Å². The van der Waals surface area contributed by atoms with Crippen molar-refractivity contribution in [2.75, 3.05) is 12.8 Å². The highest BCUT2D eigenvalue weighted by Crippen LogP contribution is 2.24. The van der Waals surface area contributed by atoms with E-state index in [4.69, 9.17) is 17.3 Å². The lowest BCUT2D eigenvalue weighted by molar-refractivity contribution is 0.0786. The number of anilines is 1. The van der Waals surface area contributed by atoms with Crippen LogP contribution in [0.5, 0.6) is 5.75 Å². The van der Waals surface area contributed by atoms with Crippen LogP contribution in [0.3, 0.4) is 0 Å². The molecule has 0 saturated heterocycles. The van der Waals surface area contributed by atoms with Gasteiger partial charge in [-0.25, -0.2) is 0 Å². The molecule has 0 fully saturated rings. The van der Waals surface area contributed by atoms with Gasteiger partial charge in [0.1, 0.15) is 5.75 Å². The number of carbonyl (C=O) groups is 1. The molecular formula is C15H15ClN2O2. The Bertz CT molecular complexity index is 623. The van der Waals surface area contributed by atoms with Crippen LogP contribution in [0.4, 0.5) is 5.69 Å². The van der Waals surface area contributed by atoms with E-state index >= 15 is 0 Å². The number of rotatable bonds is 3. The van der Waals surface area contributed by atoms with E-state index in [1.54, 1.807) is 43.4 Å². The van der Waals surface area contributed by atoms with E-state index in [0.29, 0.717) is 22.8 Å². The minimum atomic E-state index is -0.253. The second kappa shape index (κ2) is 5.84. The molecule has 20 heavy (non-hydrogen) atoms. The van der Waals surface area contributed by atoms with Crippen molar-refractivity contribution < 1.29 is 9.90 Å². The Morgan fingerprint density at radius 2 is 2.00 bits per heavy atom. The van der Waals surface area contributed by atoms with Crippen molar-refractivity contribution in [1.29, 1.82) is 0 Å². The number of hydrogen-bond donors (Lipinski definition) is 2. The number of benzene rings is 2. The maximum atomic E-state index is 12.4. The summed E-state index contributed by atoms with van der Waals surface area (Å²) in [6.07, 6.45) is 0. The second-order valence-electron chi connectivity index (χ2n) is 4.54. The van der Waals surface area contributed by atoms with Gasteiger partial charge >= 0.3 is 0 Å². The minimum absolute atomic E-state index is 0.167. The number of nitrogens with zero attached hydrogens (tertiary/aromatic N) is 1. The fourth-order valence-electron chi connectivity index (χ4n) is 1.96. The summed E-state index contributed by atoms with van der Waals surface area (Å²) in [5.74, 6) is -0.0861. The number of amides is 1. The van der Waals surface area contributed by atoms with Crippen LogP contribution in [0, 0.1) is 0 Å². The highest BCUT2D eigenvalue weighted by molar-refractivity contribution is 6.34. The molecule has 0 aliphatic carbocycles. The quantitative estimate of drug-likeness (QED) is 0.854. The van der Waals surface area contributed by atoms with Crippen molar-refractivity contribution in [1.82, 2.24) is 4.90 Å². The average molecular weight is 291 g/mol. The van der Waals surface area contributed by atoms with Crippen LogP contribution in [-0.2, 0) is 6.54 Å². The summed E-state index contributed by atoms with van der Waals surface area (Å²) in [5, 5.41) is 9.76. The molecule has 0 aromatic heterocycles. The maximum absolute atomic E-state index is 12.4. The Hall–Kier alpha value is -2.20. The highest BCUT2D eigenvalue weighted by Gasteiger charge is 2.18. The van der Waals surface area contributed by atoms with Gasteiger partial charge in [-0.1, -0.05) is 29.8 Å². The van der Waals surface area contributed by atoms with Crippen LogP contribution in [0.1, 0.15) is 15.9 Å². The molecule has 2 aromatic rings. The molecular weight excluding hydrogens is 276 g/mol. The SMILES string of the molecule is CN(Cc1cccc(O)c1)C(=O)c1c(N)cccc1Cl. The fourth-order valence-corrected chi connectivity index (χ4v) is 2.22. The predicted octanol–water partition coefficient (Wildman–Crippen LogP) is 2.90. The van der Waals surface area contributed by atoms with E-state index in [9.17, 15) is 9.90 Å². The van der Waals surface area contributed by atoms with Crippen molar-refractivity contribution in [2.45, 2.75) is 6.54 Å². The summed E-state index contributed by atoms with van der Waals surface area (Å²) in [6, 6.07) is 11.7. The van der Waals surface area contributed by atoms with Crippen molar-refractivity contribution in [2.24, 2.45) is 0 Å². The molecule has 2 rings (SSSR count). The Morgan fingerprint density at radius 1 is 1.30 bits per heavy atom. The molecule has 0 saturated carbocycles. The third-order valence-corrected chi connectivity index (χ3v) is 3.25. The summed E-state index contributed by atoms with van der Waals surface area (Å²) in [6.45, 7) is 0.359. The van der Waals surface area contributed by atoms with Gasteiger partial charge in [-0.2, -0.15) is 0 Å². The molecule has 2 aromatic carbocycles. The average Bonchev–Trinajstić information content (AvgIpc) is 2.38. The third kappa shape index (κ3) is 3.03. The zero-order chi connectivity index (χ0) is 14.7. The van der Waals surface area contributed by atoms with Crippen molar-refractivity contribution in [3.63, 3.8) is 0 Å². The molecule has 0 heterocycles. The van der Waals surface area contributed by atoms with E-state index in [1.165, 1.54) is 4.90 Å². The highest BCUT2D eigenvalue weighted by atomic mass is 35.5. The Morgan fingerprint density at radius 3 is 2.65 bits per heavy atom. The normalized spacial score (nSPS) is 10.3. The molecule has 1 amide bonds. The van der Waals surface area contributed by atoms with Gasteiger partial charge in [-0.15, -0.1) is 0 Å². The Labute approximate surface area is 122 Å². The van der Waals surface area contributed by atoms with Gasteiger partial charge in [0.2, 0.25) is 0 Å². The number of halogens is 1. The predicted molar refractivity (Wildman–Crippen MR) is 79.8 cm³/mol. The van der Waals surface area contributed by atoms with Gasteiger partial charge in [0, 0.05) is 19.3 Å². The van der Waals surface area contributed by atoms with Gasteiger partial charge in [-0.05, 0) is 29.8 Å². The maximum Gasteiger partial charge on any atom is 0.257 e. The van der Waals surface area contributed by atoms with Crippen LogP contribution < -0.4 is 5.73 Å². The minimum Gasteiger partial charge on any atom is -0.508 e. The lowest BCUT2D eigenvalue weighted by atomic mass is 10.1. The van der Waals surface area contributed by atoms with E-state index in [1.807, 2.05) is 6.07 Å². The van der Waals surface area contributed by atoms with Crippen molar-refractivity contribution in [3.05, 3.63) is 58.6 Å². The van der Waals surface area contributed by atoms with Gasteiger partial charge < -0.3 is 15.7 Å². The molecule has 104 valence electrons. The Balaban J connectivity index is 2.21. The number of nitrogen functional groups attached to an aromatic ring is 1. The molecule has 3 N–H and O–H groups in total. The summed E-state index contributed by atoms with van der Waals surface area (Å²) in [4.78, 5) is 13.9. The molecule has 0 spiro atoms. The van der Waals surface area contributed by atoms with E-state index in [2.05, 4.69) is 0 Å². The monoisotopic (exact) mass is 290 g/mol.